The molecule has 1 aliphatic rings. The van der Waals surface area contributed by atoms with Crippen LogP contribution < -0.4 is 5.32 Å². The maximum atomic E-state index is 12.6. The van der Waals surface area contributed by atoms with E-state index in [0.717, 1.165) is 6.42 Å². The minimum Gasteiger partial charge on any atom is -0.327 e. The summed E-state index contributed by atoms with van der Waals surface area (Å²) in [6.07, 6.45) is 4.49. The summed E-state index contributed by atoms with van der Waals surface area (Å²) in [4.78, 5) is 30.7. The Bertz CT molecular complexity index is 768. The van der Waals surface area contributed by atoms with E-state index < -0.39 is 6.04 Å². The maximum absolute atomic E-state index is 12.6. The molecule has 1 atom stereocenters. The van der Waals surface area contributed by atoms with Crippen molar-refractivity contribution in [2.75, 3.05) is 11.9 Å². The molecular formula is C17H15Cl2N3O2. The number of carbonyl (C=O) groups excluding carboxylic acids is 2. The standard InChI is InChI=1S/C17H15Cl2N3O2/c18-12-5-6-13(19)14(9-12)21-16(23)15-4-2-8-22(15)17(24)11-3-1-7-20-10-11/h1,3,5-7,9-10,15H,2,4,8H2,(H,21,23)/t15-/m0/s1. The number of pyridine rings is 1. The number of benzene rings is 1. The molecule has 124 valence electrons. The van der Waals surface area contributed by atoms with E-state index in [9.17, 15) is 9.59 Å². The smallest absolute Gasteiger partial charge is 0.256 e. The lowest BCUT2D eigenvalue weighted by molar-refractivity contribution is -0.119. The molecule has 0 saturated carbocycles. The van der Waals surface area contributed by atoms with E-state index in [-0.39, 0.29) is 11.8 Å². The topological polar surface area (TPSA) is 62.3 Å². The van der Waals surface area contributed by atoms with Crippen LogP contribution in [-0.2, 0) is 4.79 Å². The minimum absolute atomic E-state index is 0.196. The van der Waals surface area contributed by atoms with Crippen LogP contribution in [-0.4, -0.2) is 34.3 Å². The zero-order valence-electron chi connectivity index (χ0n) is 12.7. The van der Waals surface area contributed by atoms with Gasteiger partial charge in [0.1, 0.15) is 6.04 Å². The molecule has 1 aromatic heterocycles. The van der Waals surface area contributed by atoms with Gasteiger partial charge in [-0.1, -0.05) is 23.2 Å². The number of anilines is 1. The van der Waals surface area contributed by atoms with E-state index in [2.05, 4.69) is 10.3 Å². The molecule has 1 fully saturated rings. The fraction of sp³-hybridized carbons (Fsp3) is 0.235. The van der Waals surface area contributed by atoms with Gasteiger partial charge in [0.05, 0.1) is 16.3 Å². The highest BCUT2D eigenvalue weighted by Gasteiger charge is 2.34. The lowest BCUT2D eigenvalue weighted by Gasteiger charge is -2.24. The van der Waals surface area contributed by atoms with E-state index in [1.54, 1.807) is 41.4 Å². The fourth-order valence-electron chi connectivity index (χ4n) is 2.75. The molecule has 1 aliphatic heterocycles. The quantitative estimate of drug-likeness (QED) is 0.905. The lowest BCUT2D eigenvalue weighted by Crippen LogP contribution is -2.43. The van der Waals surface area contributed by atoms with Gasteiger partial charge in [-0.05, 0) is 43.2 Å². The molecule has 0 aliphatic carbocycles. The molecule has 7 heteroatoms. The second-order valence-electron chi connectivity index (χ2n) is 5.51. The Labute approximate surface area is 149 Å². The van der Waals surface area contributed by atoms with Crippen molar-refractivity contribution in [1.29, 1.82) is 0 Å². The van der Waals surface area contributed by atoms with Crippen molar-refractivity contribution >= 4 is 40.7 Å². The monoisotopic (exact) mass is 363 g/mol. The molecule has 0 unspecified atom stereocenters. The average molecular weight is 364 g/mol. The summed E-state index contributed by atoms with van der Waals surface area (Å²) >= 11 is 12.0. The Kier molecular flexibility index (Phi) is 5.02. The number of likely N-dealkylation sites (tertiary alicyclic amines) is 1. The first kappa shape index (κ1) is 16.7. The van der Waals surface area contributed by atoms with Crippen molar-refractivity contribution < 1.29 is 9.59 Å². The number of halogens is 2. The Hall–Kier alpha value is -2.11. The highest BCUT2D eigenvalue weighted by atomic mass is 35.5. The van der Waals surface area contributed by atoms with Crippen molar-refractivity contribution in [2.45, 2.75) is 18.9 Å². The maximum Gasteiger partial charge on any atom is 0.256 e. The molecule has 1 aromatic carbocycles. The van der Waals surface area contributed by atoms with Crippen molar-refractivity contribution in [3.05, 3.63) is 58.3 Å². The molecule has 1 N–H and O–H groups in total. The van der Waals surface area contributed by atoms with Crippen LogP contribution in [0.4, 0.5) is 5.69 Å². The molecule has 0 bridgehead atoms. The normalized spacial score (nSPS) is 16.9. The first-order valence-electron chi connectivity index (χ1n) is 7.53. The summed E-state index contributed by atoms with van der Waals surface area (Å²) in [6, 6.07) is 7.71. The van der Waals surface area contributed by atoms with E-state index in [0.29, 0.717) is 34.3 Å². The van der Waals surface area contributed by atoms with Crippen molar-refractivity contribution in [1.82, 2.24) is 9.88 Å². The van der Waals surface area contributed by atoms with Gasteiger partial charge < -0.3 is 10.2 Å². The summed E-state index contributed by atoms with van der Waals surface area (Å²) in [5, 5.41) is 3.64. The first-order valence-corrected chi connectivity index (χ1v) is 8.29. The van der Waals surface area contributed by atoms with E-state index in [1.165, 1.54) is 6.20 Å². The first-order chi connectivity index (χ1) is 11.6. The number of rotatable bonds is 3. The van der Waals surface area contributed by atoms with Crippen LogP contribution in [0.2, 0.25) is 10.0 Å². The van der Waals surface area contributed by atoms with Crippen molar-refractivity contribution in [3.8, 4) is 0 Å². The van der Waals surface area contributed by atoms with Crippen LogP contribution in [0.15, 0.2) is 42.7 Å². The molecule has 2 aromatic rings. The fourth-order valence-corrected chi connectivity index (χ4v) is 3.08. The summed E-state index contributed by atoms with van der Waals surface area (Å²) in [6.45, 7) is 0.537. The number of nitrogens with zero attached hydrogens (tertiary/aromatic N) is 2. The molecule has 3 rings (SSSR count). The molecule has 2 heterocycles. The lowest BCUT2D eigenvalue weighted by atomic mass is 10.1. The molecule has 24 heavy (non-hydrogen) atoms. The summed E-state index contributed by atoms with van der Waals surface area (Å²) in [5.74, 6) is -0.466. The Morgan fingerprint density at radius 1 is 1.25 bits per heavy atom. The Balaban J connectivity index is 1.76. The predicted molar refractivity (Wildman–Crippen MR) is 93.4 cm³/mol. The third-order valence-electron chi connectivity index (χ3n) is 3.91. The number of hydrogen-bond donors (Lipinski definition) is 1. The van der Waals surface area contributed by atoms with Crippen LogP contribution in [0.5, 0.6) is 0 Å². The van der Waals surface area contributed by atoms with Crippen molar-refractivity contribution in [2.24, 2.45) is 0 Å². The number of carbonyl (C=O) groups is 2. The van der Waals surface area contributed by atoms with E-state index >= 15 is 0 Å². The zero-order valence-corrected chi connectivity index (χ0v) is 14.2. The number of amides is 2. The van der Waals surface area contributed by atoms with Gasteiger partial charge in [-0.15, -0.1) is 0 Å². The summed E-state index contributed by atoms with van der Waals surface area (Å²) < 4.78 is 0. The summed E-state index contributed by atoms with van der Waals surface area (Å²) in [5.41, 5.74) is 0.910. The van der Waals surface area contributed by atoms with Gasteiger partial charge in [0.15, 0.2) is 0 Å². The van der Waals surface area contributed by atoms with Gasteiger partial charge in [0.2, 0.25) is 5.91 Å². The highest BCUT2D eigenvalue weighted by Crippen LogP contribution is 2.27. The molecule has 5 nitrogen and oxygen atoms in total. The van der Waals surface area contributed by atoms with Crippen LogP contribution in [0, 0.1) is 0 Å². The third-order valence-corrected chi connectivity index (χ3v) is 4.48. The number of nitrogens with one attached hydrogen (secondary N) is 1. The average Bonchev–Trinajstić information content (AvgIpc) is 3.08. The van der Waals surface area contributed by atoms with Crippen molar-refractivity contribution in [3.63, 3.8) is 0 Å². The van der Waals surface area contributed by atoms with Crippen LogP contribution in [0.25, 0.3) is 0 Å². The largest absolute Gasteiger partial charge is 0.327 e. The van der Waals surface area contributed by atoms with Crippen LogP contribution >= 0.6 is 23.2 Å². The van der Waals surface area contributed by atoms with Gasteiger partial charge >= 0.3 is 0 Å². The molecule has 0 radical (unpaired) electrons. The van der Waals surface area contributed by atoms with Crippen LogP contribution in [0.3, 0.4) is 0 Å². The molecule has 1 saturated heterocycles. The predicted octanol–water partition coefficient (Wildman–Crippen LogP) is 3.63. The van der Waals surface area contributed by atoms with Gasteiger partial charge in [0, 0.05) is 24.0 Å². The van der Waals surface area contributed by atoms with Gasteiger partial charge in [-0.2, -0.15) is 0 Å². The highest BCUT2D eigenvalue weighted by molar-refractivity contribution is 6.35. The second kappa shape index (κ2) is 7.20. The van der Waals surface area contributed by atoms with Gasteiger partial charge in [-0.25, -0.2) is 0 Å². The minimum atomic E-state index is -0.534. The third kappa shape index (κ3) is 3.52. The van der Waals surface area contributed by atoms with Gasteiger partial charge in [-0.3, -0.25) is 14.6 Å². The van der Waals surface area contributed by atoms with Gasteiger partial charge in [0.25, 0.3) is 5.91 Å². The Morgan fingerprint density at radius 2 is 2.08 bits per heavy atom. The molecule has 0 spiro atoms. The van der Waals surface area contributed by atoms with E-state index in [4.69, 9.17) is 23.2 Å². The summed E-state index contributed by atoms with van der Waals surface area (Å²) in [7, 11) is 0. The van der Waals surface area contributed by atoms with Crippen LogP contribution in [0.1, 0.15) is 23.2 Å². The second-order valence-corrected chi connectivity index (χ2v) is 6.36. The zero-order chi connectivity index (χ0) is 17.1. The SMILES string of the molecule is O=C(Nc1cc(Cl)ccc1Cl)[C@@H]1CCCN1C(=O)c1cccnc1. The number of aromatic nitrogens is 1. The van der Waals surface area contributed by atoms with E-state index in [1.807, 2.05) is 0 Å². The number of hydrogen-bond acceptors (Lipinski definition) is 3. The molecular weight excluding hydrogens is 349 g/mol. The Morgan fingerprint density at radius 3 is 2.83 bits per heavy atom. The molecule has 2 amide bonds.